The van der Waals surface area contributed by atoms with Gasteiger partial charge in [0, 0.05) is 44.0 Å². The molecule has 0 unspecified atom stereocenters. The van der Waals surface area contributed by atoms with Gasteiger partial charge in [-0.2, -0.15) is 0 Å². The number of piperazine rings is 1. The lowest BCUT2D eigenvalue weighted by molar-refractivity contribution is 0.0635. The number of rotatable bonds is 4. The largest absolute Gasteiger partial charge is 0.444 e. The molecule has 0 atom stereocenters. The lowest BCUT2D eigenvalue weighted by Crippen LogP contribution is -2.43. The first-order valence-electron chi connectivity index (χ1n) is 12.3. The predicted octanol–water partition coefficient (Wildman–Crippen LogP) is 4.69. The SMILES string of the molecule is Cc1nc2ccc(-c3ccnc(NC(=O)OC(C)(C)C)c3)nc2n1-c1ccc(N2CCNCC2)c(F)c1. The number of pyridine rings is 2. The van der Waals surface area contributed by atoms with Crippen molar-refractivity contribution in [2.75, 3.05) is 36.4 Å². The van der Waals surface area contributed by atoms with Gasteiger partial charge in [-0.3, -0.25) is 9.88 Å². The number of carbonyl (C=O) groups excluding carboxylic acids is 1. The molecule has 10 heteroatoms. The van der Waals surface area contributed by atoms with Crippen molar-refractivity contribution >= 4 is 28.8 Å². The van der Waals surface area contributed by atoms with E-state index >= 15 is 4.39 Å². The van der Waals surface area contributed by atoms with E-state index in [9.17, 15) is 4.79 Å². The van der Waals surface area contributed by atoms with Crippen LogP contribution in [0, 0.1) is 12.7 Å². The molecule has 0 spiro atoms. The number of carbonyl (C=O) groups is 1. The number of aryl methyl sites for hydroxylation is 1. The van der Waals surface area contributed by atoms with Gasteiger partial charge in [0.25, 0.3) is 0 Å². The van der Waals surface area contributed by atoms with Crippen molar-refractivity contribution in [3.8, 4) is 16.9 Å². The minimum atomic E-state index is -0.618. The maximum absolute atomic E-state index is 15.2. The van der Waals surface area contributed by atoms with Crippen LogP contribution >= 0.6 is 0 Å². The molecule has 37 heavy (non-hydrogen) atoms. The minimum absolute atomic E-state index is 0.274. The summed E-state index contributed by atoms with van der Waals surface area (Å²) in [6.45, 7) is 10.5. The number of hydrogen-bond donors (Lipinski definition) is 2. The highest BCUT2D eigenvalue weighted by atomic mass is 19.1. The Kier molecular flexibility index (Phi) is 6.51. The third kappa shape index (κ3) is 5.39. The van der Waals surface area contributed by atoms with Crippen LogP contribution in [-0.2, 0) is 4.74 Å². The summed E-state index contributed by atoms with van der Waals surface area (Å²) in [5.74, 6) is 0.781. The summed E-state index contributed by atoms with van der Waals surface area (Å²) < 4.78 is 22.4. The Morgan fingerprint density at radius 2 is 1.86 bits per heavy atom. The van der Waals surface area contributed by atoms with Gasteiger partial charge >= 0.3 is 6.09 Å². The molecule has 1 aromatic carbocycles. The van der Waals surface area contributed by atoms with Gasteiger partial charge in [-0.25, -0.2) is 24.1 Å². The first-order valence-corrected chi connectivity index (χ1v) is 12.3. The van der Waals surface area contributed by atoms with Crippen molar-refractivity contribution in [1.82, 2.24) is 24.8 Å². The number of fused-ring (bicyclic) bond motifs is 1. The van der Waals surface area contributed by atoms with Crippen molar-refractivity contribution in [2.45, 2.75) is 33.3 Å². The second kappa shape index (κ2) is 9.78. The van der Waals surface area contributed by atoms with Crippen LogP contribution in [-0.4, -0.2) is 57.4 Å². The molecule has 4 aromatic rings. The van der Waals surface area contributed by atoms with Crippen LogP contribution in [0.5, 0.6) is 0 Å². The van der Waals surface area contributed by atoms with Crippen molar-refractivity contribution in [3.05, 3.63) is 60.3 Å². The van der Waals surface area contributed by atoms with Crippen molar-refractivity contribution < 1.29 is 13.9 Å². The molecule has 1 saturated heterocycles. The van der Waals surface area contributed by atoms with Gasteiger partial charge in [0.1, 0.15) is 28.6 Å². The molecular weight excluding hydrogens is 473 g/mol. The van der Waals surface area contributed by atoms with Gasteiger partial charge in [-0.1, -0.05) is 0 Å². The maximum Gasteiger partial charge on any atom is 0.413 e. The number of nitrogens with one attached hydrogen (secondary N) is 2. The summed E-state index contributed by atoms with van der Waals surface area (Å²) in [6.07, 6.45) is 1.02. The molecule has 1 aliphatic heterocycles. The molecule has 3 aromatic heterocycles. The van der Waals surface area contributed by atoms with Gasteiger partial charge in [0.05, 0.1) is 17.1 Å². The molecule has 4 heterocycles. The number of benzene rings is 1. The van der Waals surface area contributed by atoms with E-state index in [-0.39, 0.29) is 5.82 Å². The minimum Gasteiger partial charge on any atom is -0.444 e. The van der Waals surface area contributed by atoms with E-state index in [1.807, 2.05) is 41.8 Å². The zero-order valence-electron chi connectivity index (χ0n) is 21.4. The summed E-state index contributed by atoms with van der Waals surface area (Å²) in [5, 5.41) is 5.95. The van der Waals surface area contributed by atoms with E-state index in [4.69, 9.17) is 9.72 Å². The summed E-state index contributed by atoms with van der Waals surface area (Å²) in [4.78, 5) is 27.9. The predicted molar refractivity (Wildman–Crippen MR) is 142 cm³/mol. The molecule has 192 valence electrons. The third-order valence-electron chi connectivity index (χ3n) is 6.00. The topological polar surface area (TPSA) is 97.2 Å². The van der Waals surface area contributed by atoms with Gasteiger partial charge in [-0.15, -0.1) is 0 Å². The molecule has 1 aliphatic rings. The standard InChI is InChI=1S/C27H30FN7O2/c1-17-31-22-7-6-21(18-9-10-30-24(15-18)33-26(36)37-27(2,3)4)32-25(22)35(17)19-5-8-23(20(28)16-19)34-13-11-29-12-14-34/h5-10,15-16,29H,11-14H2,1-4H3,(H,30,33,36). The fraction of sp³-hybridized carbons (Fsp3) is 0.333. The van der Waals surface area contributed by atoms with E-state index < -0.39 is 11.7 Å². The van der Waals surface area contributed by atoms with Crippen LogP contribution < -0.4 is 15.5 Å². The van der Waals surface area contributed by atoms with E-state index in [1.54, 1.807) is 33.0 Å². The van der Waals surface area contributed by atoms with Crippen LogP contribution in [0.25, 0.3) is 28.1 Å². The third-order valence-corrected chi connectivity index (χ3v) is 6.00. The van der Waals surface area contributed by atoms with Crippen molar-refractivity contribution in [1.29, 1.82) is 0 Å². The fourth-order valence-electron chi connectivity index (χ4n) is 4.40. The molecular formula is C27H30FN7O2. The van der Waals surface area contributed by atoms with Gasteiger partial charge in [0.15, 0.2) is 5.65 Å². The Labute approximate surface area is 214 Å². The Balaban J connectivity index is 1.47. The second-order valence-corrected chi connectivity index (χ2v) is 9.96. The number of amides is 1. The zero-order valence-corrected chi connectivity index (χ0v) is 21.4. The van der Waals surface area contributed by atoms with Gasteiger partial charge in [-0.05, 0) is 64.1 Å². The number of ether oxygens (including phenoxy) is 1. The zero-order chi connectivity index (χ0) is 26.2. The summed E-state index contributed by atoms with van der Waals surface area (Å²) >= 11 is 0. The van der Waals surface area contributed by atoms with Crippen LogP contribution in [0.1, 0.15) is 26.6 Å². The van der Waals surface area contributed by atoms with Gasteiger partial charge < -0.3 is 15.0 Å². The highest BCUT2D eigenvalue weighted by Crippen LogP contribution is 2.28. The Morgan fingerprint density at radius 3 is 2.59 bits per heavy atom. The summed E-state index contributed by atoms with van der Waals surface area (Å²) in [5.41, 5.74) is 3.38. The Bertz CT molecular complexity index is 1460. The number of halogens is 1. The Morgan fingerprint density at radius 1 is 1.08 bits per heavy atom. The lowest BCUT2D eigenvalue weighted by Gasteiger charge is -2.29. The maximum atomic E-state index is 15.2. The number of hydrogen-bond acceptors (Lipinski definition) is 7. The van der Waals surface area contributed by atoms with E-state index in [0.29, 0.717) is 39.9 Å². The molecule has 0 saturated carbocycles. The normalized spacial score (nSPS) is 14.1. The van der Waals surface area contributed by atoms with Crippen LogP contribution in [0.15, 0.2) is 48.7 Å². The lowest BCUT2D eigenvalue weighted by atomic mass is 10.1. The van der Waals surface area contributed by atoms with E-state index in [2.05, 4.69) is 25.5 Å². The van der Waals surface area contributed by atoms with E-state index in [0.717, 1.165) is 31.7 Å². The first-order chi connectivity index (χ1) is 17.7. The summed E-state index contributed by atoms with van der Waals surface area (Å²) in [6, 6.07) is 12.5. The van der Waals surface area contributed by atoms with Crippen molar-refractivity contribution in [2.24, 2.45) is 0 Å². The van der Waals surface area contributed by atoms with Crippen molar-refractivity contribution in [3.63, 3.8) is 0 Å². The molecule has 0 aliphatic carbocycles. The average Bonchev–Trinajstić information content (AvgIpc) is 3.18. The van der Waals surface area contributed by atoms with Crippen LogP contribution in [0.4, 0.5) is 20.7 Å². The highest BCUT2D eigenvalue weighted by Gasteiger charge is 2.19. The number of anilines is 2. The van der Waals surface area contributed by atoms with Crippen LogP contribution in [0.2, 0.25) is 0 Å². The second-order valence-electron chi connectivity index (χ2n) is 9.96. The average molecular weight is 504 g/mol. The number of imidazole rings is 1. The molecule has 1 amide bonds. The number of nitrogens with zero attached hydrogens (tertiary/aromatic N) is 5. The monoisotopic (exact) mass is 503 g/mol. The summed E-state index contributed by atoms with van der Waals surface area (Å²) in [7, 11) is 0. The number of aromatic nitrogens is 4. The van der Waals surface area contributed by atoms with E-state index in [1.165, 1.54) is 6.07 Å². The molecule has 9 nitrogen and oxygen atoms in total. The van der Waals surface area contributed by atoms with Gasteiger partial charge in [0.2, 0.25) is 0 Å². The van der Waals surface area contributed by atoms with Crippen LogP contribution in [0.3, 0.4) is 0 Å². The molecule has 0 radical (unpaired) electrons. The fourth-order valence-corrected chi connectivity index (χ4v) is 4.40. The smallest absolute Gasteiger partial charge is 0.413 e. The molecule has 0 bridgehead atoms. The highest BCUT2D eigenvalue weighted by molar-refractivity contribution is 5.85. The molecule has 5 rings (SSSR count). The Hall–Kier alpha value is -4.05. The molecule has 2 N–H and O–H groups in total. The first kappa shape index (κ1) is 24.6. The molecule has 1 fully saturated rings. The quantitative estimate of drug-likeness (QED) is 0.417.